The lowest BCUT2D eigenvalue weighted by atomic mass is 10.00. The maximum atomic E-state index is 12.8. The minimum atomic E-state index is -3.24. The first-order chi connectivity index (χ1) is 11.1. The van der Waals surface area contributed by atoms with Crippen molar-refractivity contribution in [3.63, 3.8) is 0 Å². The molecule has 122 valence electrons. The van der Waals surface area contributed by atoms with Gasteiger partial charge in [0, 0.05) is 15.0 Å². The summed E-state index contributed by atoms with van der Waals surface area (Å²) in [5.74, 6) is 0. The van der Waals surface area contributed by atoms with Crippen LogP contribution in [0.25, 0.3) is 0 Å². The van der Waals surface area contributed by atoms with Gasteiger partial charge < -0.3 is 0 Å². The zero-order valence-electron chi connectivity index (χ0n) is 12.8. The lowest BCUT2D eigenvalue weighted by Gasteiger charge is -2.26. The van der Waals surface area contributed by atoms with Crippen molar-refractivity contribution in [1.82, 2.24) is 0 Å². The zero-order chi connectivity index (χ0) is 16.3. The van der Waals surface area contributed by atoms with Crippen LogP contribution in [0.3, 0.4) is 0 Å². The van der Waals surface area contributed by atoms with Gasteiger partial charge in [0.25, 0.3) is 0 Å². The SMILES string of the molecule is O=S(=O)(c1ccc(Sc2ccccc2)cc1)[C@@H]1CCC[C@H](S)C1. The van der Waals surface area contributed by atoms with Crippen LogP contribution in [0.4, 0.5) is 0 Å². The van der Waals surface area contributed by atoms with Crippen molar-refractivity contribution in [3.05, 3.63) is 54.6 Å². The van der Waals surface area contributed by atoms with Crippen LogP contribution in [0.2, 0.25) is 0 Å². The molecule has 2 aromatic carbocycles. The molecule has 2 atom stereocenters. The molecule has 0 aliphatic heterocycles. The standard InChI is InChI=1S/C18H20O2S3/c19-23(20,18-8-4-5-14(21)13-18)17-11-9-16(10-12-17)22-15-6-2-1-3-7-15/h1-3,6-7,9-12,14,18,21H,4-5,8,13H2/t14-,18+/m0/s1. The van der Waals surface area contributed by atoms with Gasteiger partial charge in [0.05, 0.1) is 10.1 Å². The van der Waals surface area contributed by atoms with Crippen molar-refractivity contribution in [1.29, 1.82) is 0 Å². The largest absolute Gasteiger partial charge is 0.223 e. The Labute approximate surface area is 148 Å². The lowest BCUT2D eigenvalue weighted by Crippen LogP contribution is -2.28. The molecule has 0 spiro atoms. The third kappa shape index (κ3) is 4.14. The monoisotopic (exact) mass is 364 g/mol. The molecule has 2 aromatic rings. The highest BCUT2D eigenvalue weighted by atomic mass is 32.2. The van der Waals surface area contributed by atoms with Gasteiger partial charge >= 0.3 is 0 Å². The zero-order valence-corrected chi connectivity index (χ0v) is 15.3. The first-order valence-corrected chi connectivity index (χ1v) is 10.7. The van der Waals surface area contributed by atoms with Gasteiger partial charge in [0.1, 0.15) is 0 Å². The van der Waals surface area contributed by atoms with Gasteiger partial charge in [-0.3, -0.25) is 0 Å². The third-order valence-electron chi connectivity index (χ3n) is 4.17. The van der Waals surface area contributed by atoms with Crippen LogP contribution in [0.15, 0.2) is 69.3 Å². The summed E-state index contributed by atoms with van der Waals surface area (Å²) in [6, 6.07) is 17.3. The van der Waals surface area contributed by atoms with Gasteiger partial charge in [-0.1, -0.05) is 36.4 Å². The second kappa shape index (κ2) is 7.32. The van der Waals surface area contributed by atoms with E-state index in [9.17, 15) is 8.42 Å². The van der Waals surface area contributed by atoms with Crippen molar-refractivity contribution >= 4 is 34.2 Å². The molecule has 0 heterocycles. The van der Waals surface area contributed by atoms with Crippen LogP contribution in [0.5, 0.6) is 0 Å². The predicted molar refractivity (Wildman–Crippen MR) is 99.2 cm³/mol. The van der Waals surface area contributed by atoms with Crippen LogP contribution >= 0.6 is 24.4 Å². The van der Waals surface area contributed by atoms with Gasteiger partial charge in [0.15, 0.2) is 9.84 Å². The molecule has 0 unspecified atom stereocenters. The lowest BCUT2D eigenvalue weighted by molar-refractivity contribution is 0.493. The molecule has 0 amide bonds. The van der Waals surface area contributed by atoms with E-state index in [4.69, 9.17) is 0 Å². The average molecular weight is 365 g/mol. The summed E-state index contributed by atoms with van der Waals surface area (Å²) in [5.41, 5.74) is 0. The summed E-state index contributed by atoms with van der Waals surface area (Å²) < 4.78 is 25.5. The maximum absolute atomic E-state index is 12.8. The molecule has 2 nitrogen and oxygen atoms in total. The fourth-order valence-electron chi connectivity index (χ4n) is 2.92. The molecule has 0 saturated heterocycles. The summed E-state index contributed by atoms with van der Waals surface area (Å²) in [6.45, 7) is 0. The molecule has 1 saturated carbocycles. The minimum Gasteiger partial charge on any atom is -0.223 e. The summed E-state index contributed by atoms with van der Waals surface area (Å²) in [7, 11) is -3.24. The summed E-state index contributed by atoms with van der Waals surface area (Å²) >= 11 is 6.10. The molecular formula is C18H20O2S3. The average Bonchev–Trinajstić information content (AvgIpc) is 2.56. The van der Waals surface area contributed by atoms with E-state index in [1.807, 2.05) is 42.5 Å². The molecular weight excluding hydrogens is 344 g/mol. The summed E-state index contributed by atoms with van der Waals surface area (Å²) in [6.07, 6.45) is 3.37. The second-order valence-electron chi connectivity index (χ2n) is 5.87. The van der Waals surface area contributed by atoms with Gasteiger partial charge in [-0.15, -0.1) is 0 Å². The Kier molecular flexibility index (Phi) is 5.39. The van der Waals surface area contributed by atoms with E-state index in [1.165, 1.54) is 0 Å². The molecule has 1 fully saturated rings. The van der Waals surface area contributed by atoms with Gasteiger partial charge in [-0.05, 0) is 55.7 Å². The molecule has 1 aliphatic rings. The van der Waals surface area contributed by atoms with E-state index in [1.54, 1.807) is 23.9 Å². The van der Waals surface area contributed by atoms with Crippen molar-refractivity contribution < 1.29 is 8.42 Å². The fourth-order valence-corrected chi connectivity index (χ4v) is 6.20. The van der Waals surface area contributed by atoms with Crippen LogP contribution in [-0.2, 0) is 9.84 Å². The van der Waals surface area contributed by atoms with Crippen LogP contribution in [0, 0.1) is 0 Å². The fraction of sp³-hybridized carbons (Fsp3) is 0.333. The quantitative estimate of drug-likeness (QED) is 0.787. The molecule has 1 aliphatic carbocycles. The predicted octanol–water partition coefficient (Wildman–Crippen LogP) is 4.85. The number of hydrogen-bond donors (Lipinski definition) is 1. The number of sulfone groups is 1. The molecule has 0 bridgehead atoms. The Balaban J connectivity index is 1.76. The van der Waals surface area contributed by atoms with E-state index < -0.39 is 9.84 Å². The molecule has 0 radical (unpaired) electrons. The van der Waals surface area contributed by atoms with E-state index in [2.05, 4.69) is 12.6 Å². The van der Waals surface area contributed by atoms with Gasteiger partial charge in [-0.25, -0.2) is 8.42 Å². The Morgan fingerprint density at radius 2 is 1.57 bits per heavy atom. The minimum absolute atomic E-state index is 0.205. The van der Waals surface area contributed by atoms with E-state index in [0.29, 0.717) is 11.3 Å². The first-order valence-electron chi connectivity index (χ1n) is 7.80. The van der Waals surface area contributed by atoms with Crippen LogP contribution in [-0.4, -0.2) is 18.9 Å². The highest BCUT2D eigenvalue weighted by Crippen LogP contribution is 2.33. The molecule has 0 N–H and O–H groups in total. The topological polar surface area (TPSA) is 34.1 Å². The highest BCUT2D eigenvalue weighted by molar-refractivity contribution is 7.99. The smallest absolute Gasteiger partial charge is 0.181 e. The van der Waals surface area contributed by atoms with E-state index >= 15 is 0 Å². The molecule has 5 heteroatoms. The Morgan fingerprint density at radius 1 is 0.913 bits per heavy atom. The molecule has 23 heavy (non-hydrogen) atoms. The summed E-state index contributed by atoms with van der Waals surface area (Å²) in [5, 5.41) is -0.0807. The number of hydrogen-bond acceptors (Lipinski definition) is 4. The van der Waals surface area contributed by atoms with E-state index in [-0.39, 0.29) is 10.5 Å². The Morgan fingerprint density at radius 3 is 2.22 bits per heavy atom. The first kappa shape index (κ1) is 16.9. The van der Waals surface area contributed by atoms with E-state index in [0.717, 1.165) is 29.1 Å². The maximum Gasteiger partial charge on any atom is 0.181 e. The van der Waals surface area contributed by atoms with Crippen molar-refractivity contribution in [3.8, 4) is 0 Å². The number of rotatable bonds is 4. The van der Waals surface area contributed by atoms with Crippen molar-refractivity contribution in [2.24, 2.45) is 0 Å². The normalized spacial score (nSPS) is 22.0. The van der Waals surface area contributed by atoms with Gasteiger partial charge in [-0.2, -0.15) is 12.6 Å². The van der Waals surface area contributed by atoms with Crippen molar-refractivity contribution in [2.75, 3.05) is 0 Å². The summed E-state index contributed by atoms with van der Waals surface area (Å²) in [4.78, 5) is 2.63. The molecule has 3 rings (SSSR count). The Hall–Kier alpha value is -0.910. The highest BCUT2D eigenvalue weighted by Gasteiger charge is 2.31. The molecule has 0 aromatic heterocycles. The van der Waals surface area contributed by atoms with Crippen LogP contribution in [0.1, 0.15) is 25.7 Å². The number of benzene rings is 2. The number of thiol groups is 1. The van der Waals surface area contributed by atoms with Gasteiger partial charge in [0.2, 0.25) is 0 Å². The third-order valence-corrected chi connectivity index (χ3v) is 7.89. The van der Waals surface area contributed by atoms with Crippen LogP contribution < -0.4 is 0 Å². The Bertz CT molecular complexity index is 740. The van der Waals surface area contributed by atoms with Crippen molar-refractivity contribution in [2.45, 2.75) is 50.9 Å². The second-order valence-corrected chi connectivity index (χ2v) is 9.98.